The molecule has 1 amide bonds. The van der Waals surface area contributed by atoms with E-state index in [9.17, 15) is 13.4 Å². The molecule has 3 rings (SSSR count). The highest BCUT2D eigenvalue weighted by Crippen LogP contribution is 2.27. The van der Waals surface area contributed by atoms with Crippen LogP contribution in [0.3, 0.4) is 0 Å². The summed E-state index contributed by atoms with van der Waals surface area (Å²) < 4.78 is 29.6. The summed E-state index contributed by atoms with van der Waals surface area (Å²) in [6, 6.07) is 6.14. The molecule has 0 aliphatic heterocycles. The lowest BCUT2D eigenvalue weighted by atomic mass is 10.1. The summed E-state index contributed by atoms with van der Waals surface area (Å²) in [6.07, 6.45) is 4.27. The molecule has 146 valence electrons. The van der Waals surface area contributed by atoms with Crippen molar-refractivity contribution in [1.82, 2.24) is 15.0 Å². The Kier molecular flexibility index (Phi) is 6.90. The van der Waals surface area contributed by atoms with Crippen LogP contribution >= 0.6 is 11.3 Å². The van der Waals surface area contributed by atoms with E-state index in [1.807, 2.05) is 6.07 Å². The average molecular weight is 420 g/mol. The molecule has 3 aromatic rings. The molecule has 28 heavy (non-hydrogen) atoms. The largest absolute Gasteiger partial charge is 0.374 e. The molecule has 0 bridgehead atoms. The number of hydrogen-bond donors (Lipinski definition) is 1. The number of aromatic nitrogens is 3. The monoisotopic (exact) mass is 420 g/mol. The van der Waals surface area contributed by atoms with Gasteiger partial charge in [0.1, 0.15) is 11.5 Å². The molecule has 0 spiro atoms. The van der Waals surface area contributed by atoms with E-state index in [4.69, 9.17) is 4.74 Å². The summed E-state index contributed by atoms with van der Waals surface area (Å²) >= 11 is 1.26. The second-order valence-electron chi connectivity index (χ2n) is 5.68. The molecule has 3 aromatic heterocycles. The number of rotatable bonds is 8. The topological polar surface area (TPSA) is 94.1 Å². The zero-order valence-corrected chi connectivity index (χ0v) is 16.6. The van der Waals surface area contributed by atoms with Crippen molar-refractivity contribution in [3.63, 3.8) is 0 Å². The minimum atomic E-state index is -0.907. The Morgan fingerprint density at radius 1 is 1.32 bits per heavy atom. The summed E-state index contributed by atoms with van der Waals surface area (Å²) in [5, 5.41) is 4.84. The van der Waals surface area contributed by atoms with E-state index in [2.05, 4.69) is 20.3 Å². The number of carbonyl (C=O) groups is 1. The van der Waals surface area contributed by atoms with Crippen LogP contribution in [-0.2, 0) is 22.1 Å². The number of nitrogens with one attached hydrogen (secondary N) is 1. The first-order chi connectivity index (χ1) is 13.5. The third-order valence-corrected chi connectivity index (χ3v) is 5.10. The smallest absolute Gasteiger partial charge is 0.276 e. The van der Waals surface area contributed by atoms with Gasteiger partial charge < -0.3 is 4.74 Å². The van der Waals surface area contributed by atoms with Crippen LogP contribution in [0, 0.1) is 5.82 Å². The van der Waals surface area contributed by atoms with E-state index in [-0.39, 0.29) is 12.3 Å². The molecular weight excluding hydrogens is 403 g/mol. The Hall–Kier alpha value is -2.56. The number of thiazole rings is 1. The first-order valence-corrected chi connectivity index (χ1v) is 10.8. The van der Waals surface area contributed by atoms with Crippen LogP contribution in [0.1, 0.15) is 16.2 Å². The van der Waals surface area contributed by atoms with Crippen molar-refractivity contribution >= 4 is 33.2 Å². The standard InChI is InChI=1S/C18H17FN4O3S2/c1-28(25)8-7-26-10-15-13(3-2-6-20-15)16-11-27-18(22-16)23-17(24)14-5-4-12(19)9-21-14/h2-6,9,11H,7-8,10H2,1H3,(H,22,23,24). The first kappa shape index (κ1) is 20.2. The minimum Gasteiger partial charge on any atom is -0.374 e. The number of amides is 1. The van der Waals surface area contributed by atoms with Gasteiger partial charge in [-0.25, -0.2) is 14.4 Å². The van der Waals surface area contributed by atoms with Gasteiger partial charge in [0.05, 0.1) is 30.8 Å². The van der Waals surface area contributed by atoms with E-state index in [0.717, 1.165) is 11.8 Å². The van der Waals surface area contributed by atoms with Gasteiger partial charge in [-0.15, -0.1) is 11.3 Å². The summed E-state index contributed by atoms with van der Waals surface area (Å²) in [6.45, 7) is 0.647. The van der Waals surface area contributed by atoms with Crippen molar-refractivity contribution in [2.75, 3.05) is 23.9 Å². The van der Waals surface area contributed by atoms with Crippen LogP contribution in [0.5, 0.6) is 0 Å². The maximum absolute atomic E-state index is 12.9. The molecule has 3 heterocycles. The molecule has 7 nitrogen and oxygen atoms in total. The van der Waals surface area contributed by atoms with Crippen LogP contribution in [-0.4, -0.2) is 43.7 Å². The third-order valence-electron chi connectivity index (χ3n) is 3.60. The number of halogens is 1. The fraction of sp³-hybridized carbons (Fsp3) is 0.222. The zero-order chi connectivity index (χ0) is 19.9. The highest BCUT2D eigenvalue weighted by atomic mass is 32.2. The summed E-state index contributed by atoms with van der Waals surface area (Å²) in [4.78, 5) is 24.7. The normalized spacial score (nSPS) is 11.9. The number of carbonyl (C=O) groups excluding carboxylic acids is 1. The molecule has 1 atom stereocenters. The molecule has 10 heteroatoms. The molecule has 0 radical (unpaired) electrons. The minimum absolute atomic E-state index is 0.0990. The maximum Gasteiger partial charge on any atom is 0.276 e. The first-order valence-electron chi connectivity index (χ1n) is 8.23. The van der Waals surface area contributed by atoms with Crippen molar-refractivity contribution in [1.29, 1.82) is 0 Å². The van der Waals surface area contributed by atoms with E-state index in [1.165, 1.54) is 23.5 Å². The molecule has 0 aromatic carbocycles. The highest BCUT2D eigenvalue weighted by molar-refractivity contribution is 7.84. The lowest BCUT2D eigenvalue weighted by Crippen LogP contribution is -2.13. The zero-order valence-electron chi connectivity index (χ0n) is 14.9. The fourth-order valence-electron chi connectivity index (χ4n) is 2.26. The van der Waals surface area contributed by atoms with Crippen LogP contribution in [0.25, 0.3) is 11.3 Å². The lowest BCUT2D eigenvalue weighted by molar-refractivity contribution is 0.102. The maximum atomic E-state index is 12.9. The summed E-state index contributed by atoms with van der Waals surface area (Å²) in [5.41, 5.74) is 2.24. The second kappa shape index (κ2) is 9.58. The van der Waals surface area contributed by atoms with Gasteiger partial charge in [0.15, 0.2) is 5.13 Å². The molecule has 0 aliphatic rings. The fourth-order valence-corrected chi connectivity index (χ4v) is 3.32. The Balaban J connectivity index is 1.69. The van der Waals surface area contributed by atoms with Crippen molar-refractivity contribution in [3.8, 4) is 11.3 Å². The van der Waals surface area contributed by atoms with Gasteiger partial charge in [-0.1, -0.05) is 0 Å². The number of ether oxygens (including phenoxy) is 1. The Morgan fingerprint density at radius 3 is 2.93 bits per heavy atom. The highest BCUT2D eigenvalue weighted by Gasteiger charge is 2.13. The predicted octanol–water partition coefficient (Wildman–Crippen LogP) is 2.89. The van der Waals surface area contributed by atoms with E-state index in [0.29, 0.717) is 28.9 Å². The van der Waals surface area contributed by atoms with E-state index >= 15 is 0 Å². The van der Waals surface area contributed by atoms with E-state index < -0.39 is 22.5 Å². The molecule has 0 saturated carbocycles. The van der Waals surface area contributed by atoms with Gasteiger partial charge in [0.2, 0.25) is 0 Å². The summed E-state index contributed by atoms with van der Waals surface area (Å²) in [5.74, 6) is -0.514. The second-order valence-corrected chi connectivity index (χ2v) is 8.09. The van der Waals surface area contributed by atoms with Crippen LogP contribution < -0.4 is 5.32 Å². The molecular formula is C18H17FN4O3S2. The van der Waals surface area contributed by atoms with Crippen LogP contribution in [0.4, 0.5) is 9.52 Å². The van der Waals surface area contributed by atoms with Gasteiger partial charge in [-0.05, 0) is 24.3 Å². The average Bonchev–Trinajstić information content (AvgIpc) is 3.14. The summed E-state index contributed by atoms with van der Waals surface area (Å²) in [7, 11) is -0.907. The number of pyridine rings is 2. The number of hydrogen-bond acceptors (Lipinski definition) is 7. The van der Waals surface area contributed by atoms with Gasteiger partial charge in [-0.3, -0.25) is 19.3 Å². The lowest BCUT2D eigenvalue weighted by Gasteiger charge is -2.07. The molecule has 1 unspecified atom stereocenters. The van der Waals surface area contributed by atoms with Gasteiger partial charge in [-0.2, -0.15) is 0 Å². The van der Waals surface area contributed by atoms with Gasteiger partial charge >= 0.3 is 0 Å². The van der Waals surface area contributed by atoms with Crippen molar-refractivity contribution in [3.05, 3.63) is 59.2 Å². The van der Waals surface area contributed by atoms with Crippen molar-refractivity contribution in [2.45, 2.75) is 6.61 Å². The van der Waals surface area contributed by atoms with Gasteiger partial charge in [0.25, 0.3) is 5.91 Å². The number of anilines is 1. The third kappa shape index (κ3) is 5.47. The number of nitrogens with zero attached hydrogens (tertiary/aromatic N) is 3. The Morgan fingerprint density at radius 2 is 2.18 bits per heavy atom. The van der Waals surface area contributed by atoms with Gasteiger partial charge in [0, 0.05) is 39.9 Å². The quantitative estimate of drug-likeness (QED) is 0.563. The molecule has 1 N–H and O–H groups in total. The Labute approximate surface area is 167 Å². The Bertz CT molecular complexity index is 979. The SMILES string of the molecule is CS(=O)CCOCc1ncccc1-c1csc(NC(=O)c2ccc(F)cn2)n1. The van der Waals surface area contributed by atoms with Crippen molar-refractivity contribution < 1.29 is 18.1 Å². The van der Waals surface area contributed by atoms with Crippen LogP contribution in [0.2, 0.25) is 0 Å². The molecule has 0 saturated heterocycles. The van der Waals surface area contributed by atoms with Crippen LogP contribution in [0.15, 0.2) is 42.0 Å². The van der Waals surface area contributed by atoms with E-state index in [1.54, 1.807) is 23.9 Å². The predicted molar refractivity (Wildman–Crippen MR) is 106 cm³/mol. The van der Waals surface area contributed by atoms with Crippen molar-refractivity contribution in [2.24, 2.45) is 0 Å². The molecule has 0 aliphatic carbocycles. The molecule has 0 fully saturated rings.